The summed E-state index contributed by atoms with van der Waals surface area (Å²) in [6.45, 7) is 1.88. The van der Waals surface area contributed by atoms with Gasteiger partial charge < -0.3 is 14.8 Å². The van der Waals surface area contributed by atoms with Crippen molar-refractivity contribution in [3.63, 3.8) is 0 Å². The molecule has 0 aliphatic rings. The first-order chi connectivity index (χ1) is 18.0. The molecular weight excluding hydrogens is 471 g/mol. The summed E-state index contributed by atoms with van der Waals surface area (Å²) in [5.41, 5.74) is 2.78. The molecule has 3 aromatic carbocycles. The molecule has 37 heavy (non-hydrogen) atoms. The van der Waals surface area contributed by atoms with Crippen LogP contribution >= 0.6 is 0 Å². The lowest BCUT2D eigenvalue weighted by atomic mass is 10.0. The van der Waals surface area contributed by atoms with E-state index in [9.17, 15) is 9.18 Å². The van der Waals surface area contributed by atoms with Crippen LogP contribution in [-0.4, -0.2) is 33.8 Å². The van der Waals surface area contributed by atoms with Gasteiger partial charge in [0.1, 0.15) is 29.1 Å². The lowest BCUT2D eigenvalue weighted by Crippen LogP contribution is -2.39. The number of hydrogen-bond donors (Lipinski definition) is 1. The molecule has 0 saturated carbocycles. The van der Waals surface area contributed by atoms with Crippen LogP contribution in [-0.2, 0) is 0 Å². The molecule has 0 bridgehead atoms. The van der Waals surface area contributed by atoms with Crippen molar-refractivity contribution in [2.75, 3.05) is 7.11 Å². The van der Waals surface area contributed by atoms with Crippen LogP contribution in [0.1, 0.15) is 29.1 Å². The first-order valence-corrected chi connectivity index (χ1v) is 11.8. The number of ether oxygens (including phenoxy) is 2. The number of pyridine rings is 1. The smallest absolute Gasteiger partial charge is 0.270 e. The van der Waals surface area contributed by atoms with Crippen molar-refractivity contribution in [1.82, 2.24) is 20.1 Å². The third-order valence-corrected chi connectivity index (χ3v) is 6.01. The molecule has 186 valence electrons. The van der Waals surface area contributed by atoms with Crippen LogP contribution in [0.5, 0.6) is 11.5 Å². The second-order valence-electron chi connectivity index (χ2n) is 8.55. The third-order valence-electron chi connectivity index (χ3n) is 6.01. The Bertz CT molecular complexity index is 1520. The van der Waals surface area contributed by atoms with Crippen molar-refractivity contribution in [1.29, 1.82) is 0 Å². The second kappa shape index (κ2) is 10.5. The minimum absolute atomic E-state index is 0.291. The Morgan fingerprint density at radius 3 is 2.57 bits per heavy atom. The minimum atomic E-state index is -0.521. The highest BCUT2D eigenvalue weighted by Gasteiger charge is 2.25. The van der Waals surface area contributed by atoms with Crippen molar-refractivity contribution in [3.05, 3.63) is 114 Å². The van der Waals surface area contributed by atoms with E-state index in [1.54, 1.807) is 54.5 Å². The molecule has 0 aliphatic heterocycles. The fraction of sp³-hybridized carbons (Fsp3) is 0.138. The first-order valence-electron chi connectivity index (χ1n) is 11.8. The number of fused-ring (bicyclic) bond motifs is 1. The summed E-state index contributed by atoms with van der Waals surface area (Å²) >= 11 is 0. The van der Waals surface area contributed by atoms with Gasteiger partial charge in [-0.25, -0.2) is 9.07 Å². The predicted octanol–water partition coefficient (Wildman–Crippen LogP) is 5.51. The summed E-state index contributed by atoms with van der Waals surface area (Å²) < 4.78 is 27.0. The van der Waals surface area contributed by atoms with Gasteiger partial charge in [0.05, 0.1) is 30.6 Å². The highest BCUT2D eigenvalue weighted by Crippen LogP contribution is 2.30. The van der Waals surface area contributed by atoms with Gasteiger partial charge in [-0.3, -0.25) is 9.78 Å². The van der Waals surface area contributed by atoms with Gasteiger partial charge in [0.2, 0.25) is 0 Å². The average molecular weight is 497 g/mol. The number of carbonyl (C=O) groups excluding carboxylic acids is 1. The van der Waals surface area contributed by atoms with E-state index < -0.39 is 12.1 Å². The van der Waals surface area contributed by atoms with Crippen LogP contribution in [0.15, 0.2) is 97.3 Å². The van der Waals surface area contributed by atoms with Gasteiger partial charge in [0, 0.05) is 11.6 Å². The largest absolute Gasteiger partial charge is 0.497 e. The molecule has 0 saturated heterocycles. The zero-order chi connectivity index (χ0) is 25.8. The van der Waals surface area contributed by atoms with Crippen molar-refractivity contribution in [3.8, 4) is 17.2 Å². The molecule has 2 unspecified atom stereocenters. The lowest BCUT2D eigenvalue weighted by molar-refractivity contribution is 0.0877. The molecule has 8 heteroatoms. The van der Waals surface area contributed by atoms with Gasteiger partial charge >= 0.3 is 0 Å². The maximum absolute atomic E-state index is 13.4. The van der Waals surface area contributed by atoms with Crippen molar-refractivity contribution in [2.24, 2.45) is 0 Å². The van der Waals surface area contributed by atoms with E-state index in [2.05, 4.69) is 15.4 Å². The van der Waals surface area contributed by atoms with E-state index in [1.165, 1.54) is 12.1 Å². The maximum Gasteiger partial charge on any atom is 0.270 e. The SMILES string of the molecule is COc1cccc(C(Oc2ccc3c(cnn3-c3ccc(F)cc3)c2)C(C)NC(=O)c2ccccn2)c1. The first kappa shape index (κ1) is 24.0. The number of nitrogens with one attached hydrogen (secondary N) is 1. The summed E-state index contributed by atoms with van der Waals surface area (Å²) in [5, 5.41) is 8.33. The van der Waals surface area contributed by atoms with Crippen LogP contribution in [0, 0.1) is 5.82 Å². The summed E-state index contributed by atoms with van der Waals surface area (Å²) in [6, 6.07) is 24.2. The van der Waals surface area contributed by atoms with E-state index in [-0.39, 0.29) is 11.7 Å². The van der Waals surface area contributed by atoms with Gasteiger partial charge in [-0.1, -0.05) is 18.2 Å². The fourth-order valence-corrected chi connectivity index (χ4v) is 4.15. The van der Waals surface area contributed by atoms with E-state index in [0.29, 0.717) is 17.2 Å². The van der Waals surface area contributed by atoms with E-state index in [4.69, 9.17) is 9.47 Å². The zero-order valence-corrected chi connectivity index (χ0v) is 20.3. The number of nitrogens with zero attached hydrogens (tertiary/aromatic N) is 3. The zero-order valence-electron chi connectivity index (χ0n) is 20.3. The maximum atomic E-state index is 13.4. The Morgan fingerprint density at radius 1 is 0.973 bits per heavy atom. The molecule has 0 aliphatic carbocycles. The van der Waals surface area contributed by atoms with Gasteiger partial charge in [-0.05, 0) is 79.2 Å². The lowest BCUT2D eigenvalue weighted by Gasteiger charge is -2.27. The summed E-state index contributed by atoms with van der Waals surface area (Å²) in [4.78, 5) is 16.9. The Kier molecular flexibility index (Phi) is 6.81. The molecule has 0 spiro atoms. The van der Waals surface area contributed by atoms with E-state index >= 15 is 0 Å². The molecular formula is C29H25FN4O3. The van der Waals surface area contributed by atoms with Gasteiger partial charge in [-0.2, -0.15) is 5.10 Å². The standard InChI is InChI=1S/C29H25FN4O3/c1-19(33-29(35)26-8-3-4-15-31-26)28(20-6-5-7-24(16-20)36-2)37-25-13-14-27-21(17-25)18-32-34(27)23-11-9-22(30)10-12-23/h3-19,28H,1-2H3,(H,33,35). The summed E-state index contributed by atoms with van der Waals surface area (Å²) in [5.74, 6) is 0.702. The molecule has 2 atom stereocenters. The number of methoxy groups -OCH3 is 1. The topological polar surface area (TPSA) is 78.3 Å². The number of rotatable bonds is 8. The van der Waals surface area contributed by atoms with Crippen molar-refractivity contribution < 1.29 is 18.7 Å². The van der Waals surface area contributed by atoms with Gasteiger partial charge in [0.25, 0.3) is 5.91 Å². The molecule has 2 aromatic heterocycles. The Labute approximate surface area is 213 Å². The molecule has 2 heterocycles. The number of halogens is 1. The molecule has 5 rings (SSSR count). The van der Waals surface area contributed by atoms with E-state index in [1.807, 2.05) is 49.4 Å². The molecule has 0 fully saturated rings. The highest BCUT2D eigenvalue weighted by atomic mass is 19.1. The Balaban J connectivity index is 1.44. The molecule has 7 nitrogen and oxygen atoms in total. The summed E-state index contributed by atoms with van der Waals surface area (Å²) in [7, 11) is 1.61. The quantitative estimate of drug-likeness (QED) is 0.307. The third kappa shape index (κ3) is 5.28. The molecule has 1 amide bonds. The average Bonchev–Trinajstić information content (AvgIpc) is 3.36. The Morgan fingerprint density at radius 2 is 1.81 bits per heavy atom. The number of carbonyl (C=O) groups is 1. The van der Waals surface area contributed by atoms with E-state index in [0.717, 1.165) is 22.2 Å². The number of benzene rings is 3. The van der Waals surface area contributed by atoms with Crippen molar-refractivity contribution >= 4 is 16.8 Å². The van der Waals surface area contributed by atoms with Crippen LogP contribution in [0.2, 0.25) is 0 Å². The highest BCUT2D eigenvalue weighted by molar-refractivity contribution is 5.92. The molecule has 1 N–H and O–H groups in total. The molecule has 0 radical (unpaired) electrons. The van der Waals surface area contributed by atoms with Crippen LogP contribution < -0.4 is 14.8 Å². The second-order valence-corrected chi connectivity index (χ2v) is 8.55. The van der Waals surface area contributed by atoms with Crippen LogP contribution in [0.3, 0.4) is 0 Å². The van der Waals surface area contributed by atoms with Crippen LogP contribution in [0.4, 0.5) is 4.39 Å². The number of amides is 1. The minimum Gasteiger partial charge on any atom is -0.497 e. The van der Waals surface area contributed by atoms with Gasteiger partial charge in [-0.15, -0.1) is 0 Å². The molecule has 5 aromatic rings. The Hall–Kier alpha value is -4.72. The predicted molar refractivity (Wildman–Crippen MR) is 139 cm³/mol. The number of hydrogen-bond acceptors (Lipinski definition) is 5. The number of aromatic nitrogens is 3. The van der Waals surface area contributed by atoms with Crippen LogP contribution in [0.25, 0.3) is 16.6 Å². The van der Waals surface area contributed by atoms with Crippen molar-refractivity contribution in [2.45, 2.75) is 19.1 Å². The monoisotopic (exact) mass is 496 g/mol. The fourth-order valence-electron chi connectivity index (χ4n) is 4.15. The van der Waals surface area contributed by atoms with Gasteiger partial charge in [0.15, 0.2) is 0 Å². The summed E-state index contributed by atoms with van der Waals surface area (Å²) in [6.07, 6.45) is 2.79. The normalized spacial score (nSPS) is 12.6.